The fraction of sp³-hybridized carbons (Fsp3) is 0.625. The Morgan fingerprint density at radius 1 is 1.22 bits per heavy atom. The van der Waals surface area contributed by atoms with E-state index in [1.165, 1.54) is 47.8 Å². The summed E-state index contributed by atoms with van der Waals surface area (Å²) in [5, 5.41) is 3.62. The molecule has 0 atom stereocenters. The van der Waals surface area contributed by atoms with Gasteiger partial charge in [-0.2, -0.15) is 0 Å². The highest BCUT2D eigenvalue weighted by atomic mass is 79.9. The van der Waals surface area contributed by atoms with Crippen LogP contribution in [-0.4, -0.2) is 6.54 Å². The molecule has 0 radical (unpaired) electrons. The molecule has 1 fully saturated rings. The van der Waals surface area contributed by atoms with Gasteiger partial charge in [0.25, 0.3) is 0 Å². The van der Waals surface area contributed by atoms with Gasteiger partial charge in [0.15, 0.2) is 0 Å². The first-order chi connectivity index (χ1) is 8.65. The average Bonchev–Trinajstić information content (AvgIpc) is 2.36. The molecule has 100 valence electrons. The maximum atomic E-state index is 3.62. The van der Waals surface area contributed by atoms with E-state index < -0.39 is 0 Å². The van der Waals surface area contributed by atoms with Crippen LogP contribution in [0.1, 0.15) is 43.7 Å². The second kappa shape index (κ2) is 6.72. The predicted molar refractivity (Wildman–Crippen MR) is 81.7 cm³/mol. The van der Waals surface area contributed by atoms with Gasteiger partial charge in [0.1, 0.15) is 0 Å². The molecule has 0 spiro atoms. The molecule has 0 bridgehead atoms. The number of halogens is 1. The molecular weight excluding hydrogens is 286 g/mol. The smallest absolute Gasteiger partial charge is 0.0205 e. The first-order valence-electron chi connectivity index (χ1n) is 7.11. The van der Waals surface area contributed by atoms with Gasteiger partial charge in [0.2, 0.25) is 0 Å². The molecule has 1 aliphatic carbocycles. The molecule has 18 heavy (non-hydrogen) atoms. The monoisotopic (exact) mass is 309 g/mol. The van der Waals surface area contributed by atoms with E-state index in [2.05, 4.69) is 53.3 Å². The fourth-order valence-corrected chi connectivity index (χ4v) is 3.02. The second-order valence-electron chi connectivity index (χ2n) is 5.84. The standard InChI is InChI=1S/C16H24BrN/c1-12-3-5-14(6-4-12)10-18-11-15-7-8-16(17)13(2)9-15/h7-9,12,14,18H,3-6,10-11H2,1-2H3. The Labute approximate surface area is 119 Å². The Morgan fingerprint density at radius 2 is 1.94 bits per heavy atom. The van der Waals surface area contributed by atoms with Crippen molar-refractivity contribution in [3.8, 4) is 0 Å². The number of rotatable bonds is 4. The van der Waals surface area contributed by atoms with Crippen molar-refractivity contribution in [3.05, 3.63) is 33.8 Å². The SMILES string of the molecule is Cc1cc(CNCC2CCC(C)CC2)ccc1Br. The molecule has 1 saturated carbocycles. The van der Waals surface area contributed by atoms with Crippen LogP contribution in [0.25, 0.3) is 0 Å². The lowest BCUT2D eigenvalue weighted by atomic mass is 9.83. The largest absolute Gasteiger partial charge is 0.312 e. The van der Waals surface area contributed by atoms with Gasteiger partial charge in [-0.25, -0.2) is 0 Å². The zero-order valence-electron chi connectivity index (χ0n) is 11.5. The third-order valence-electron chi connectivity index (χ3n) is 4.12. The van der Waals surface area contributed by atoms with Gasteiger partial charge < -0.3 is 5.32 Å². The van der Waals surface area contributed by atoms with Crippen LogP contribution in [0.15, 0.2) is 22.7 Å². The highest BCUT2D eigenvalue weighted by Crippen LogP contribution is 2.27. The fourth-order valence-electron chi connectivity index (χ4n) is 2.77. The topological polar surface area (TPSA) is 12.0 Å². The summed E-state index contributed by atoms with van der Waals surface area (Å²) in [5.74, 6) is 1.85. The summed E-state index contributed by atoms with van der Waals surface area (Å²) in [7, 11) is 0. The Bertz CT molecular complexity index is 381. The predicted octanol–water partition coefficient (Wildman–Crippen LogP) is 4.67. The molecule has 2 rings (SSSR count). The van der Waals surface area contributed by atoms with E-state index in [0.29, 0.717) is 0 Å². The molecule has 1 aromatic rings. The molecule has 0 unspecified atom stereocenters. The second-order valence-corrected chi connectivity index (χ2v) is 6.69. The van der Waals surface area contributed by atoms with E-state index >= 15 is 0 Å². The molecule has 0 heterocycles. The van der Waals surface area contributed by atoms with Gasteiger partial charge >= 0.3 is 0 Å². The molecule has 1 N–H and O–H groups in total. The zero-order valence-corrected chi connectivity index (χ0v) is 13.1. The van der Waals surface area contributed by atoms with Crippen LogP contribution in [0.3, 0.4) is 0 Å². The van der Waals surface area contributed by atoms with Gasteiger partial charge in [-0.1, -0.05) is 47.8 Å². The highest BCUT2D eigenvalue weighted by Gasteiger charge is 2.17. The Balaban J connectivity index is 1.73. The van der Waals surface area contributed by atoms with Crippen molar-refractivity contribution in [2.75, 3.05) is 6.54 Å². The summed E-state index contributed by atoms with van der Waals surface area (Å²) >= 11 is 3.55. The first kappa shape index (κ1) is 14.1. The van der Waals surface area contributed by atoms with E-state index in [9.17, 15) is 0 Å². The van der Waals surface area contributed by atoms with Crippen molar-refractivity contribution >= 4 is 15.9 Å². The van der Waals surface area contributed by atoms with Crippen molar-refractivity contribution in [3.63, 3.8) is 0 Å². The van der Waals surface area contributed by atoms with Gasteiger partial charge in [-0.15, -0.1) is 0 Å². The molecule has 2 heteroatoms. The van der Waals surface area contributed by atoms with Crippen molar-refractivity contribution in [1.29, 1.82) is 0 Å². The maximum absolute atomic E-state index is 3.62. The van der Waals surface area contributed by atoms with Crippen molar-refractivity contribution in [2.45, 2.75) is 46.1 Å². The van der Waals surface area contributed by atoms with Crippen molar-refractivity contribution < 1.29 is 0 Å². The Hall–Kier alpha value is -0.340. The lowest BCUT2D eigenvalue weighted by Crippen LogP contribution is -2.25. The average molecular weight is 310 g/mol. The van der Waals surface area contributed by atoms with Crippen molar-refractivity contribution in [1.82, 2.24) is 5.32 Å². The normalized spacial score (nSPS) is 24.2. The highest BCUT2D eigenvalue weighted by molar-refractivity contribution is 9.10. The van der Waals surface area contributed by atoms with Crippen LogP contribution in [0.2, 0.25) is 0 Å². The van der Waals surface area contributed by atoms with E-state index in [4.69, 9.17) is 0 Å². The van der Waals surface area contributed by atoms with Crippen LogP contribution in [-0.2, 0) is 6.54 Å². The summed E-state index contributed by atoms with van der Waals surface area (Å²) in [6.45, 7) is 6.71. The van der Waals surface area contributed by atoms with E-state index in [-0.39, 0.29) is 0 Å². The zero-order chi connectivity index (χ0) is 13.0. The molecule has 0 aromatic heterocycles. The summed E-state index contributed by atoms with van der Waals surface area (Å²) in [4.78, 5) is 0. The van der Waals surface area contributed by atoms with Crippen LogP contribution < -0.4 is 5.32 Å². The maximum Gasteiger partial charge on any atom is 0.0205 e. The molecule has 0 aliphatic heterocycles. The molecule has 1 aliphatic rings. The summed E-state index contributed by atoms with van der Waals surface area (Å²) in [6, 6.07) is 6.61. The van der Waals surface area contributed by atoms with E-state index in [0.717, 1.165) is 18.4 Å². The number of aryl methyl sites for hydroxylation is 1. The van der Waals surface area contributed by atoms with Gasteiger partial charge in [-0.3, -0.25) is 0 Å². The summed E-state index contributed by atoms with van der Waals surface area (Å²) in [5.41, 5.74) is 2.71. The quantitative estimate of drug-likeness (QED) is 0.852. The third kappa shape index (κ3) is 4.10. The number of hydrogen-bond acceptors (Lipinski definition) is 1. The van der Waals surface area contributed by atoms with Crippen LogP contribution in [0, 0.1) is 18.8 Å². The first-order valence-corrected chi connectivity index (χ1v) is 7.90. The third-order valence-corrected chi connectivity index (χ3v) is 5.01. The Morgan fingerprint density at radius 3 is 2.61 bits per heavy atom. The van der Waals surface area contributed by atoms with E-state index in [1.54, 1.807) is 0 Å². The van der Waals surface area contributed by atoms with Crippen LogP contribution in [0.4, 0.5) is 0 Å². The molecule has 0 saturated heterocycles. The minimum Gasteiger partial charge on any atom is -0.312 e. The number of benzene rings is 1. The number of nitrogens with one attached hydrogen (secondary N) is 1. The lowest BCUT2D eigenvalue weighted by molar-refractivity contribution is 0.281. The van der Waals surface area contributed by atoms with Crippen LogP contribution in [0.5, 0.6) is 0 Å². The van der Waals surface area contributed by atoms with Crippen molar-refractivity contribution in [2.24, 2.45) is 11.8 Å². The van der Waals surface area contributed by atoms with Gasteiger partial charge in [0, 0.05) is 11.0 Å². The summed E-state index contributed by atoms with van der Waals surface area (Å²) < 4.78 is 1.20. The van der Waals surface area contributed by atoms with Gasteiger partial charge in [-0.05, 0) is 55.3 Å². The van der Waals surface area contributed by atoms with Crippen LogP contribution >= 0.6 is 15.9 Å². The lowest BCUT2D eigenvalue weighted by Gasteiger charge is -2.26. The molecular formula is C16H24BrN. The molecule has 1 nitrogen and oxygen atoms in total. The molecule has 1 aromatic carbocycles. The minimum absolute atomic E-state index is 0.901. The minimum atomic E-state index is 0.901. The summed E-state index contributed by atoms with van der Waals surface area (Å²) in [6.07, 6.45) is 5.66. The van der Waals surface area contributed by atoms with E-state index in [1.807, 2.05) is 0 Å². The van der Waals surface area contributed by atoms with Gasteiger partial charge in [0.05, 0.1) is 0 Å². The Kier molecular flexibility index (Phi) is 5.25. The molecule has 0 amide bonds. The number of hydrogen-bond donors (Lipinski definition) is 1.